The van der Waals surface area contributed by atoms with Crippen molar-refractivity contribution in [3.63, 3.8) is 0 Å². The Morgan fingerprint density at radius 3 is 2.12 bits per heavy atom. The summed E-state index contributed by atoms with van der Waals surface area (Å²) < 4.78 is 55.5. The van der Waals surface area contributed by atoms with Gasteiger partial charge in [0.1, 0.15) is 6.54 Å². The molecule has 2 rings (SSSR count). The second kappa shape index (κ2) is 9.86. The molecule has 0 spiro atoms. The van der Waals surface area contributed by atoms with E-state index in [0.29, 0.717) is 0 Å². The Labute approximate surface area is 191 Å². The molecule has 0 bridgehead atoms. The topological polar surface area (TPSA) is 130 Å². The first-order chi connectivity index (χ1) is 14.8. The fourth-order valence-corrected chi connectivity index (χ4v) is 4.50. The highest BCUT2D eigenvalue weighted by Crippen LogP contribution is 2.25. The molecule has 0 unspecified atom stereocenters. The predicted octanol–water partition coefficient (Wildman–Crippen LogP) is 1.78. The average molecular weight is 504 g/mol. The zero-order valence-corrected chi connectivity index (χ0v) is 20.1. The highest BCUT2D eigenvalue weighted by molar-refractivity contribution is 7.92. The molecule has 1 N–H and O–H groups in total. The number of carbonyl (C=O) groups excluding carboxylic acids is 2. The maximum Gasteiger partial charge on any atom is 0.337 e. The number of hydrogen-bond donors (Lipinski definition) is 1. The van der Waals surface area contributed by atoms with Crippen LogP contribution in [0.5, 0.6) is 0 Å². The van der Waals surface area contributed by atoms with E-state index in [9.17, 15) is 26.4 Å². The van der Waals surface area contributed by atoms with Crippen LogP contribution < -0.4 is 9.62 Å². The van der Waals surface area contributed by atoms with Crippen LogP contribution in [0.15, 0.2) is 47.4 Å². The number of amides is 1. The van der Waals surface area contributed by atoms with Gasteiger partial charge >= 0.3 is 5.97 Å². The lowest BCUT2D eigenvalue weighted by atomic mass is 10.2. The number of rotatable bonds is 8. The van der Waals surface area contributed by atoms with Crippen molar-refractivity contribution in [2.75, 3.05) is 43.6 Å². The molecule has 0 aliphatic rings. The van der Waals surface area contributed by atoms with E-state index in [4.69, 9.17) is 11.6 Å². The number of nitrogens with one attached hydrogen (secondary N) is 1. The largest absolute Gasteiger partial charge is 0.465 e. The number of benzene rings is 2. The van der Waals surface area contributed by atoms with Crippen LogP contribution in [-0.2, 0) is 29.6 Å². The van der Waals surface area contributed by atoms with Crippen LogP contribution in [0, 0.1) is 0 Å². The van der Waals surface area contributed by atoms with Crippen LogP contribution in [-0.4, -0.2) is 67.0 Å². The molecule has 0 heterocycles. The van der Waals surface area contributed by atoms with Gasteiger partial charge in [0.05, 0.1) is 40.2 Å². The zero-order chi connectivity index (χ0) is 24.3. The van der Waals surface area contributed by atoms with Crippen molar-refractivity contribution < 1.29 is 31.2 Å². The Morgan fingerprint density at radius 1 is 1.03 bits per heavy atom. The average Bonchev–Trinajstić information content (AvgIpc) is 2.72. The van der Waals surface area contributed by atoms with Crippen LogP contribution in [0.3, 0.4) is 0 Å². The van der Waals surface area contributed by atoms with Gasteiger partial charge in [0.2, 0.25) is 26.0 Å². The van der Waals surface area contributed by atoms with Crippen molar-refractivity contribution in [3.8, 4) is 0 Å². The number of carbonyl (C=O) groups is 2. The molecule has 2 aromatic carbocycles. The highest BCUT2D eigenvalue weighted by atomic mass is 35.5. The number of ether oxygens (including phenoxy) is 1. The van der Waals surface area contributed by atoms with Crippen LogP contribution in [0.4, 0.5) is 11.4 Å². The molecule has 13 heteroatoms. The van der Waals surface area contributed by atoms with Gasteiger partial charge in [-0.05, 0) is 42.5 Å². The lowest BCUT2D eigenvalue weighted by Crippen LogP contribution is -2.37. The molecule has 1 amide bonds. The molecule has 0 atom stereocenters. The number of methoxy groups -OCH3 is 1. The van der Waals surface area contributed by atoms with Gasteiger partial charge in [0.25, 0.3) is 0 Å². The van der Waals surface area contributed by atoms with E-state index in [0.717, 1.165) is 14.9 Å². The van der Waals surface area contributed by atoms with Crippen molar-refractivity contribution in [2.24, 2.45) is 0 Å². The lowest BCUT2D eigenvalue weighted by Gasteiger charge is -2.22. The van der Waals surface area contributed by atoms with Gasteiger partial charge < -0.3 is 10.1 Å². The summed E-state index contributed by atoms with van der Waals surface area (Å²) in [7, 11) is -3.66. The van der Waals surface area contributed by atoms with Crippen molar-refractivity contribution in [3.05, 3.63) is 53.1 Å². The Hall–Kier alpha value is -2.67. The van der Waals surface area contributed by atoms with Gasteiger partial charge in [-0.15, -0.1) is 0 Å². The minimum absolute atomic E-state index is 0.0319. The smallest absolute Gasteiger partial charge is 0.337 e. The Bertz CT molecular complexity index is 1230. The van der Waals surface area contributed by atoms with Gasteiger partial charge in [-0.25, -0.2) is 25.9 Å². The molecule has 0 aliphatic heterocycles. The summed E-state index contributed by atoms with van der Waals surface area (Å²) >= 11 is 6.06. The summed E-state index contributed by atoms with van der Waals surface area (Å²) in [6.45, 7) is -0.614. The summed E-state index contributed by atoms with van der Waals surface area (Å²) in [5.41, 5.74) is 0.333. The first-order valence-electron chi connectivity index (χ1n) is 8.95. The lowest BCUT2D eigenvalue weighted by molar-refractivity contribution is -0.114. The summed E-state index contributed by atoms with van der Waals surface area (Å²) in [5, 5.41) is 2.60. The fraction of sp³-hybridized carbons (Fsp3) is 0.263. The Morgan fingerprint density at radius 2 is 1.62 bits per heavy atom. The third kappa shape index (κ3) is 5.97. The highest BCUT2D eigenvalue weighted by Gasteiger charge is 2.23. The van der Waals surface area contributed by atoms with Gasteiger partial charge in [-0.3, -0.25) is 9.10 Å². The van der Waals surface area contributed by atoms with Crippen molar-refractivity contribution in [2.45, 2.75) is 4.90 Å². The van der Waals surface area contributed by atoms with E-state index >= 15 is 0 Å². The standard InChI is InChI=1S/C19H22ClN3O7S2/c1-22(2)32(28,29)15-8-6-14(7-9-15)23(31(4,26)27)12-18(24)21-17-11-13(19(25)30-3)5-10-16(17)20/h5-11H,12H2,1-4H3,(H,21,24). The number of nitrogens with zero attached hydrogens (tertiary/aromatic N) is 2. The van der Waals surface area contributed by atoms with E-state index in [1.165, 1.54) is 63.7 Å². The summed E-state index contributed by atoms with van der Waals surface area (Å²) in [4.78, 5) is 24.2. The van der Waals surface area contributed by atoms with Gasteiger partial charge in [0, 0.05) is 14.1 Å². The van der Waals surface area contributed by atoms with Crippen LogP contribution in [0.25, 0.3) is 0 Å². The number of sulfonamides is 2. The summed E-state index contributed by atoms with van der Waals surface area (Å²) in [6.07, 6.45) is 0.912. The van der Waals surface area contributed by atoms with Crippen LogP contribution in [0.2, 0.25) is 5.02 Å². The summed E-state index contributed by atoms with van der Waals surface area (Å²) in [5.74, 6) is -1.37. The molecular formula is C19H22ClN3O7S2. The van der Waals surface area contributed by atoms with Crippen LogP contribution >= 0.6 is 11.6 Å². The third-order valence-electron chi connectivity index (χ3n) is 4.25. The quantitative estimate of drug-likeness (QED) is 0.543. The number of halogens is 1. The number of esters is 1. The predicted molar refractivity (Wildman–Crippen MR) is 121 cm³/mol. The minimum Gasteiger partial charge on any atom is -0.465 e. The van der Waals surface area contributed by atoms with Gasteiger partial charge in [0.15, 0.2) is 0 Å². The first-order valence-corrected chi connectivity index (χ1v) is 12.6. The SMILES string of the molecule is COC(=O)c1ccc(Cl)c(NC(=O)CN(c2ccc(S(=O)(=O)N(C)C)cc2)S(C)(=O)=O)c1. The maximum absolute atomic E-state index is 12.6. The Balaban J connectivity index is 2.30. The molecule has 32 heavy (non-hydrogen) atoms. The molecule has 174 valence electrons. The molecule has 0 aromatic heterocycles. The van der Waals surface area contributed by atoms with Crippen molar-refractivity contribution >= 4 is 54.9 Å². The van der Waals surface area contributed by atoms with Crippen molar-refractivity contribution in [1.29, 1.82) is 0 Å². The first kappa shape index (κ1) is 25.6. The molecule has 0 saturated heterocycles. The van der Waals surface area contributed by atoms with Gasteiger partial charge in [-0.2, -0.15) is 0 Å². The molecular weight excluding hydrogens is 482 g/mol. The van der Waals surface area contributed by atoms with Gasteiger partial charge in [-0.1, -0.05) is 11.6 Å². The molecule has 10 nitrogen and oxygen atoms in total. The zero-order valence-electron chi connectivity index (χ0n) is 17.7. The monoisotopic (exact) mass is 503 g/mol. The second-order valence-electron chi connectivity index (χ2n) is 6.79. The molecule has 0 aliphatic carbocycles. The second-order valence-corrected chi connectivity index (χ2v) is 11.3. The van der Waals surface area contributed by atoms with E-state index < -0.39 is 38.5 Å². The number of hydrogen-bond acceptors (Lipinski definition) is 7. The number of anilines is 2. The van der Waals surface area contributed by atoms with E-state index in [1.54, 1.807) is 0 Å². The minimum atomic E-state index is -3.90. The molecule has 0 radical (unpaired) electrons. The Kier molecular flexibility index (Phi) is 7.88. The van der Waals surface area contributed by atoms with E-state index in [-0.39, 0.29) is 26.9 Å². The normalized spacial score (nSPS) is 11.8. The van der Waals surface area contributed by atoms with Crippen LogP contribution in [0.1, 0.15) is 10.4 Å². The molecule has 0 fully saturated rings. The third-order valence-corrected chi connectivity index (χ3v) is 7.55. The summed E-state index contributed by atoms with van der Waals surface area (Å²) in [6, 6.07) is 9.18. The molecule has 2 aromatic rings. The van der Waals surface area contributed by atoms with E-state index in [1.807, 2.05) is 0 Å². The van der Waals surface area contributed by atoms with E-state index in [2.05, 4.69) is 10.1 Å². The van der Waals surface area contributed by atoms with Crippen molar-refractivity contribution in [1.82, 2.24) is 4.31 Å². The fourth-order valence-electron chi connectivity index (χ4n) is 2.58. The maximum atomic E-state index is 12.6. The molecule has 0 saturated carbocycles.